The van der Waals surface area contributed by atoms with E-state index >= 15 is 0 Å². The molecule has 0 radical (unpaired) electrons. The quantitative estimate of drug-likeness (QED) is 0.0412. The molecule has 0 bridgehead atoms. The highest BCUT2D eigenvalue weighted by molar-refractivity contribution is 7.98. The number of nitrogens with zero attached hydrogens (tertiary/aromatic N) is 4. The van der Waals surface area contributed by atoms with Crippen molar-refractivity contribution in [1.82, 2.24) is 19.9 Å². The molecule has 0 saturated carbocycles. The molecule has 4 aromatic carbocycles. The van der Waals surface area contributed by atoms with E-state index in [0.29, 0.717) is 32.7 Å². The standard InChI is InChI=1S/C21H21ClN3O6PS.C11H8ClN3O2.C9H14NO5PS/c1-30-32(27,31-2)13-33(28,29)17-9-3-14(4-10-17)11-19(26)20-21(23)24-12-18(25-20)15-5-7-16(22)8-6-15;12-7-3-1-6(2-4-7)8-5-14-10(13)9(15-8)11(16)17;1-14-16(11,15-2)7-17(12,13)9-5-3-8(10)4-6-9/h3-10,12H,11,13H2,1-2H3,(H2,23,24);1-5H,(H2,13,14)(H,16,17);3-6H,7,10H2,1-2H3. The van der Waals surface area contributed by atoms with E-state index in [1.807, 2.05) is 0 Å². The summed E-state index contributed by atoms with van der Waals surface area (Å²) in [5.41, 5.74) is 18.3. The predicted molar refractivity (Wildman–Crippen MR) is 253 cm³/mol. The maximum absolute atomic E-state index is 12.8. The summed E-state index contributed by atoms with van der Waals surface area (Å²) in [4.78, 5) is 39.8. The summed E-state index contributed by atoms with van der Waals surface area (Å²) >= 11 is 11.7. The minimum atomic E-state index is -3.94. The van der Waals surface area contributed by atoms with Crippen LogP contribution < -0.4 is 17.2 Å². The Morgan fingerprint density at radius 1 is 0.582 bits per heavy atom. The molecule has 67 heavy (non-hydrogen) atoms. The van der Waals surface area contributed by atoms with Gasteiger partial charge in [-0.1, -0.05) is 59.6 Å². The molecule has 0 spiro atoms. The number of carboxylic acids is 1. The number of aromatic carboxylic acids is 1. The van der Waals surface area contributed by atoms with Crippen molar-refractivity contribution in [3.05, 3.63) is 136 Å². The lowest BCUT2D eigenvalue weighted by molar-refractivity contribution is 0.0691. The number of hydrogen-bond donors (Lipinski definition) is 4. The third kappa shape index (κ3) is 15.2. The summed E-state index contributed by atoms with van der Waals surface area (Å²) in [6.07, 6.45) is 2.82. The first-order valence-electron chi connectivity index (χ1n) is 18.8. The van der Waals surface area contributed by atoms with Crippen LogP contribution in [0.15, 0.2) is 119 Å². The van der Waals surface area contributed by atoms with Crippen molar-refractivity contribution in [3.8, 4) is 22.5 Å². The Kier molecular flexibility index (Phi) is 18.8. The Bertz CT molecular complexity index is 3010. The lowest BCUT2D eigenvalue weighted by atomic mass is 10.1. The van der Waals surface area contributed by atoms with Crippen LogP contribution >= 0.6 is 38.4 Å². The number of nitrogens with two attached hydrogens (primary N) is 3. The Labute approximate surface area is 395 Å². The van der Waals surface area contributed by atoms with Gasteiger partial charge in [0, 0.05) is 61.7 Å². The summed E-state index contributed by atoms with van der Waals surface area (Å²) in [5.74, 6) is -1.69. The number of hydrogen-bond acceptors (Lipinski definition) is 19. The molecule has 20 nitrogen and oxygen atoms in total. The molecule has 0 aliphatic heterocycles. The fraction of sp³-hybridized carbons (Fsp3) is 0.171. The maximum Gasteiger partial charge on any atom is 0.358 e. The van der Waals surface area contributed by atoms with Crippen molar-refractivity contribution in [2.24, 2.45) is 0 Å². The highest BCUT2D eigenvalue weighted by Gasteiger charge is 2.32. The Balaban J connectivity index is 0.000000242. The average Bonchev–Trinajstić information content (AvgIpc) is 3.30. The van der Waals surface area contributed by atoms with Crippen molar-refractivity contribution in [1.29, 1.82) is 0 Å². The molecular weight excluding hydrogens is 995 g/mol. The smallest absolute Gasteiger partial charge is 0.358 e. The summed E-state index contributed by atoms with van der Waals surface area (Å²) in [6, 6.07) is 25.0. The van der Waals surface area contributed by atoms with Crippen molar-refractivity contribution in [3.63, 3.8) is 0 Å². The largest absolute Gasteiger partial charge is 0.476 e. The molecule has 2 aromatic heterocycles. The Hall–Kier alpha value is -5.64. The van der Waals surface area contributed by atoms with E-state index in [0.717, 1.165) is 39.6 Å². The molecule has 6 aromatic rings. The Morgan fingerprint density at radius 3 is 1.31 bits per heavy atom. The van der Waals surface area contributed by atoms with E-state index in [1.165, 1.54) is 60.9 Å². The van der Waals surface area contributed by atoms with Crippen molar-refractivity contribution in [2.75, 3.05) is 56.6 Å². The zero-order valence-electron chi connectivity index (χ0n) is 35.8. The number of carbonyl (C=O) groups excluding carboxylic acids is 1. The van der Waals surface area contributed by atoms with Crippen LogP contribution in [0.3, 0.4) is 0 Å². The lowest BCUT2D eigenvalue weighted by Gasteiger charge is -2.14. The fourth-order valence-corrected chi connectivity index (χ4v) is 13.2. The van der Waals surface area contributed by atoms with E-state index in [9.17, 15) is 35.6 Å². The van der Waals surface area contributed by atoms with Crippen LogP contribution in [0, 0.1) is 0 Å². The third-order valence-electron chi connectivity index (χ3n) is 9.00. The maximum atomic E-state index is 12.8. The van der Waals surface area contributed by atoms with Crippen LogP contribution in [0.5, 0.6) is 0 Å². The van der Waals surface area contributed by atoms with Gasteiger partial charge in [0.25, 0.3) is 0 Å². The van der Waals surface area contributed by atoms with Crippen LogP contribution in [-0.2, 0) is 53.3 Å². The number of aromatic nitrogens is 4. The second-order valence-electron chi connectivity index (χ2n) is 13.5. The second-order valence-corrected chi connectivity index (χ2v) is 23.8. The number of sulfone groups is 2. The van der Waals surface area contributed by atoms with E-state index < -0.39 is 51.8 Å². The summed E-state index contributed by atoms with van der Waals surface area (Å²) in [5, 5.41) is 10.0. The molecule has 26 heteroatoms. The van der Waals surface area contributed by atoms with Crippen LogP contribution in [0.2, 0.25) is 10.0 Å². The number of halogens is 2. The molecule has 0 aliphatic rings. The van der Waals surface area contributed by atoms with Gasteiger partial charge in [0.05, 0.1) is 33.6 Å². The minimum absolute atomic E-state index is 0.00760. The van der Waals surface area contributed by atoms with Gasteiger partial charge in [0.2, 0.25) is 0 Å². The first-order valence-corrected chi connectivity index (χ1v) is 26.3. The van der Waals surface area contributed by atoms with Gasteiger partial charge in [-0.25, -0.2) is 41.6 Å². The van der Waals surface area contributed by atoms with Crippen LogP contribution in [0.1, 0.15) is 26.5 Å². The topological polar surface area (TPSA) is 323 Å². The molecule has 2 heterocycles. The van der Waals surface area contributed by atoms with Crippen LogP contribution in [-0.4, -0.2) is 93.1 Å². The van der Waals surface area contributed by atoms with Gasteiger partial charge in [-0.05, 0) is 66.2 Å². The molecule has 0 amide bonds. The predicted octanol–water partition coefficient (Wildman–Crippen LogP) is 7.59. The van der Waals surface area contributed by atoms with Gasteiger partial charge in [-0.15, -0.1) is 0 Å². The molecule has 6 rings (SSSR count). The first kappa shape index (κ1) is 54.0. The molecular formula is C41H43Cl2N7O13P2S2. The second kappa shape index (κ2) is 23.4. The van der Waals surface area contributed by atoms with Crippen molar-refractivity contribution < 1.29 is 58.8 Å². The van der Waals surface area contributed by atoms with Crippen molar-refractivity contribution in [2.45, 2.75) is 16.2 Å². The van der Waals surface area contributed by atoms with E-state index in [2.05, 4.69) is 29.0 Å². The highest BCUT2D eigenvalue weighted by atomic mass is 35.5. The number of Topliss-reactive ketones (excluding diaryl/α,β-unsaturated/α-hetero) is 1. The molecule has 7 N–H and O–H groups in total. The number of nitrogen functional groups attached to an aromatic ring is 3. The van der Waals surface area contributed by atoms with E-state index in [4.69, 9.17) is 54.6 Å². The lowest BCUT2D eigenvalue weighted by Crippen LogP contribution is -2.12. The minimum Gasteiger partial charge on any atom is -0.476 e. The summed E-state index contributed by atoms with van der Waals surface area (Å²) in [6.45, 7) is 0. The van der Waals surface area contributed by atoms with Gasteiger partial charge in [0.1, 0.15) is 5.69 Å². The number of ketones is 1. The first-order chi connectivity index (χ1) is 31.5. The highest BCUT2D eigenvalue weighted by Crippen LogP contribution is 2.49. The van der Waals surface area contributed by atoms with Gasteiger partial charge in [-0.2, -0.15) is 0 Å². The van der Waals surface area contributed by atoms with Crippen molar-refractivity contribution >= 4 is 87.1 Å². The van der Waals surface area contributed by atoms with Gasteiger partial charge in [-0.3, -0.25) is 13.9 Å². The van der Waals surface area contributed by atoms with E-state index in [1.54, 1.807) is 48.5 Å². The van der Waals surface area contributed by atoms with Crippen LogP contribution in [0.25, 0.3) is 22.5 Å². The number of carboxylic acid groups (broad SMARTS) is 1. The van der Waals surface area contributed by atoms with Gasteiger partial charge < -0.3 is 40.4 Å². The molecule has 0 aliphatic carbocycles. The monoisotopic (exact) mass is 1040 g/mol. The molecule has 0 atom stereocenters. The number of anilines is 3. The number of benzene rings is 4. The zero-order chi connectivity index (χ0) is 49.7. The average molecular weight is 1040 g/mol. The molecule has 0 fully saturated rings. The molecule has 356 valence electrons. The number of carbonyl (C=O) groups is 2. The summed E-state index contributed by atoms with van der Waals surface area (Å²) < 4.78 is 91.4. The zero-order valence-corrected chi connectivity index (χ0v) is 40.8. The number of rotatable bonds is 16. The molecule has 0 unspecified atom stereocenters. The Morgan fingerprint density at radius 2 is 0.940 bits per heavy atom. The fourth-order valence-electron chi connectivity index (χ4n) is 5.36. The summed E-state index contributed by atoms with van der Waals surface area (Å²) in [7, 11) is -10.5. The SMILES string of the molecule is COP(=O)(CS(=O)(=O)c1ccc(CC(=O)c2nc(-c3ccc(Cl)cc3)cnc2N)cc1)OC.COP(=O)(CS(=O)(=O)c1ccc(N)cc1)OC.Nc1ncc(-c2ccc(Cl)cc2)nc1C(=O)O. The third-order valence-corrected chi connectivity index (χ3v) is 19.0. The molecule has 0 saturated heterocycles. The van der Waals surface area contributed by atoms with Crippen LogP contribution in [0.4, 0.5) is 17.3 Å². The van der Waals surface area contributed by atoms with Gasteiger partial charge in [0.15, 0.2) is 53.8 Å². The van der Waals surface area contributed by atoms with E-state index in [-0.39, 0.29) is 45.0 Å². The van der Waals surface area contributed by atoms with Gasteiger partial charge >= 0.3 is 21.2 Å². The normalized spacial score (nSPS) is 11.7.